The highest BCUT2D eigenvalue weighted by Gasteiger charge is 2.38. The van der Waals surface area contributed by atoms with Gasteiger partial charge in [0.15, 0.2) is 11.9 Å². The van der Waals surface area contributed by atoms with E-state index in [4.69, 9.17) is 9.47 Å². The molecule has 3 amide bonds. The van der Waals surface area contributed by atoms with Gasteiger partial charge in [-0.3, -0.25) is 24.2 Å². The number of carbonyl (C=O) groups is 3. The second-order valence-corrected chi connectivity index (χ2v) is 14.3. The molecule has 1 fully saturated rings. The van der Waals surface area contributed by atoms with Crippen molar-refractivity contribution in [3.8, 4) is 5.75 Å². The molecule has 1 unspecified atom stereocenters. The van der Waals surface area contributed by atoms with Gasteiger partial charge in [0.1, 0.15) is 29.0 Å². The van der Waals surface area contributed by atoms with Gasteiger partial charge in [0.25, 0.3) is 5.91 Å². The van der Waals surface area contributed by atoms with E-state index < -0.39 is 29.0 Å². The molecular formula is C38H47N9O5. The normalized spacial score (nSPS) is 18.9. The molecular weight excluding hydrogens is 662 g/mol. The van der Waals surface area contributed by atoms with Gasteiger partial charge >= 0.3 is 6.03 Å². The Morgan fingerprint density at radius 3 is 2.56 bits per heavy atom. The summed E-state index contributed by atoms with van der Waals surface area (Å²) in [6.45, 7) is 12.9. The molecule has 1 aliphatic heterocycles. The van der Waals surface area contributed by atoms with E-state index in [-0.39, 0.29) is 23.7 Å². The van der Waals surface area contributed by atoms with Crippen LogP contribution in [0.4, 0.5) is 10.6 Å². The van der Waals surface area contributed by atoms with Crippen molar-refractivity contribution >= 4 is 29.7 Å². The van der Waals surface area contributed by atoms with Crippen molar-refractivity contribution in [2.45, 2.75) is 76.5 Å². The third-order valence-electron chi connectivity index (χ3n) is 9.68. The third kappa shape index (κ3) is 7.67. The van der Waals surface area contributed by atoms with E-state index in [2.05, 4.69) is 54.9 Å². The Kier molecular flexibility index (Phi) is 10.7. The fourth-order valence-electron chi connectivity index (χ4n) is 6.53. The quantitative estimate of drug-likeness (QED) is 0.131. The maximum Gasteiger partial charge on any atom is 0.321 e. The van der Waals surface area contributed by atoms with Crippen LogP contribution in [-0.4, -0.2) is 87.1 Å². The summed E-state index contributed by atoms with van der Waals surface area (Å²) >= 11 is 0. The highest BCUT2D eigenvalue weighted by Crippen LogP contribution is 2.37. The molecule has 0 bridgehead atoms. The van der Waals surface area contributed by atoms with Gasteiger partial charge < -0.3 is 20.1 Å². The second kappa shape index (κ2) is 15.2. The zero-order valence-electron chi connectivity index (χ0n) is 30.6. The third-order valence-corrected chi connectivity index (χ3v) is 9.68. The Bertz CT molecular complexity index is 1960. The number of aromatic nitrogens is 5. The van der Waals surface area contributed by atoms with Crippen molar-refractivity contribution in [3.05, 3.63) is 89.3 Å². The van der Waals surface area contributed by atoms with Gasteiger partial charge in [-0.1, -0.05) is 58.9 Å². The molecule has 2 aliphatic rings. The van der Waals surface area contributed by atoms with Gasteiger partial charge in [-0.05, 0) is 42.7 Å². The molecule has 14 heteroatoms. The predicted octanol–water partition coefficient (Wildman–Crippen LogP) is 4.69. The van der Waals surface area contributed by atoms with Crippen LogP contribution in [0.25, 0.3) is 5.65 Å². The zero-order chi connectivity index (χ0) is 37.0. The van der Waals surface area contributed by atoms with Crippen molar-refractivity contribution in [2.24, 2.45) is 0 Å². The molecule has 1 aromatic carbocycles. The lowest BCUT2D eigenvalue weighted by molar-refractivity contribution is -0.111. The van der Waals surface area contributed by atoms with E-state index in [1.165, 1.54) is 0 Å². The summed E-state index contributed by atoms with van der Waals surface area (Å²) in [5, 5.41) is 17.2. The first-order valence-electron chi connectivity index (χ1n) is 17.7. The van der Waals surface area contributed by atoms with Gasteiger partial charge in [-0.2, -0.15) is 0 Å². The molecule has 1 aliphatic carbocycles. The minimum atomic E-state index is -1.50. The predicted molar refractivity (Wildman–Crippen MR) is 195 cm³/mol. The van der Waals surface area contributed by atoms with E-state index >= 15 is 0 Å². The molecule has 4 heterocycles. The first-order valence-corrected chi connectivity index (χ1v) is 17.7. The molecule has 0 spiro atoms. The summed E-state index contributed by atoms with van der Waals surface area (Å²) in [5.41, 5.74) is 0.633. The molecule has 1 saturated heterocycles. The maximum atomic E-state index is 13.6. The summed E-state index contributed by atoms with van der Waals surface area (Å²) in [5.74, 6) is 1.36. The monoisotopic (exact) mass is 709 g/mol. The van der Waals surface area contributed by atoms with Crippen LogP contribution in [0.3, 0.4) is 0 Å². The number of benzene rings is 1. The summed E-state index contributed by atoms with van der Waals surface area (Å²) in [6.07, 6.45) is 7.53. The molecule has 3 aromatic heterocycles. The van der Waals surface area contributed by atoms with Crippen molar-refractivity contribution in [1.29, 1.82) is 0 Å². The minimum Gasteiger partial charge on any atom is -0.480 e. The molecule has 3 N–H and O–H groups in total. The number of aldehydes is 1. The van der Waals surface area contributed by atoms with Crippen LogP contribution < -0.4 is 20.7 Å². The number of pyridine rings is 1. The SMILES string of the molecule is CCC(CC)c1nnc2ccc(O[C@@H]3C=CC(C=O)(NC(=O)Nc4cc(C(C)(C)C)nc(C(=O)NCCN5CC(OC)C5)n4)c4ccccc43)cn12. The summed E-state index contributed by atoms with van der Waals surface area (Å²) in [4.78, 5) is 50.6. The molecule has 274 valence electrons. The van der Waals surface area contributed by atoms with Crippen molar-refractivity contribution < 1.29 is 23.9 Å². The van der Waals surface area contributed by atoms with Crippen LogP contribution in [0.5, 0.6) is 5.75 Å². The largest absolute Gasteiger partial charge is 0.480 e. The first-order chi connectivity index (χ1) is 25.0. The first kappa shape index (κ1) is 36.6. The van der Waals surface area contributed by atoms with Crippen LogP contribution in [0.2, 0.25) is 0 Å². The standard InChI is InChI=1S/C38H47N9O5/c1-7-24(8-2)34-45-44-32-14-13-25(22-47(32)34)52-29-15-16-38(23-48,28-12-10-9-11-27(28)29)43-36(50)42-31-19-30(37(3,4)5)40-33(41-31)35(49)39-17-18-46-20-26(21-46)51-6/h9-16,19,22-24,26,29H,7-8,17-18,20-21H2,1-6H3,(H,39,49)(H2,40,41,42,43,50)/t29-,38?/m1/s1. The van der Waals surface area contributed by atoms with Crippen LogP contribution >= 0.6 is 0 Å². The lowest BCUT2D eigenvalue weighted by Gasteiger charge is -2.38. The Balaban J connectivity index is 1.19. The zero-order valence-corrected chi connectivity index (χ0v) is 30.6. The highest BCUT2D eigenvalue weighted by atomic mass is 16.5. The van der Waals surface area contributed by atoms with Crippen molar-refractivity contribution in [3.63, 3.8) is 0 Å². The van der Waals surface area contributed by atoms with Gasteiger partial charge in [-0.15, -0.1) is 10.2 Å². The number of nitrogens with one attached hydrogen (secondary N) is 3. The summed E-state index contributed by atoms with van der Waals surface area (Å²) in [7, 11) is 1.69. The molecule has 14 nitrogen and oxygen atoms in total. The Labute approximate surface area is 303 Å². The Hall–Kier alpha value is -5.21. The molecule has 0 radical (unpaired) electrons. The topological polar surface area (TPSA) is 165 Å². The Morgan fingerprint density at radius 1 is 1.08 bits per heavy atom. The lowest BCUT2D eigenvalue weighted by atomic mass is 9.81. The molecule has 4 aromatic rings. The number of methoxy groups -OCH3 is 1. The average Bonchev–Trinajstić information content (AvgIpc) is 3.53. The number of ether oxygens (including phenoxy) is 2. The molecule has 6 rings (SSSR count). The number of rotatable bonds is 13. The number of hydrogen-bond donors (Lipinski definition) is 3. The van der Waals surface area contributed by atoms with Crippen LogP contribution in [0.1, 0.15) is 92.7 Å². The number of amides is 3. The van der Waals surface area contributed by atoms with E-state index in [0.717, 1.165) is 37.4 Å². The van der Waals surface area contributed by atoms with E-state index in [1.54, 1.807) is 37.5 Å². The van der Waals surface area contributed by atoms with Gasteiger partial charge in [0.2, 0.25) is 5.82 Å². The molecule has 52 heavy (non-hydrogen) atoms. The number of anilines is 1. The highest BCUT2D eigenvalue weighted by molar-refractivity contribution is 5.94. The maximum absolute atomic E-state index is 13.6. The fourth-order valence-corrected chi connectivity index (χ4v) is 6.53. The lowest BCUT2D eigenvalue weighted by Crippen LogP contribution is -2.53. The second-order valence-electron chi connectivity index (χ2n) is 14.3. The summed E-state index contributed by atoms with van der Waals surface area (Å²) in [6, 6.07) is 12.0. The van der Waals surface area contributed by atoms with Gasteiger partial charge in [0, 0.05) is 56.3 Å². The van der Waals surface area contributed by atoms with E-state index in [1.807, 2.05) is 55.6 Å². The van der Waals surface area contributed by atoms with Crippen LogP contribution in [0, 0.1) is 0 Å². The van der Waals surface area contributed by atoms with Crippen molar-refractivity contribution in [1.82, 2.24) is 40.1 Å². The van der Waals surface area contributed by atoms with Crippen LogP contribution in [0.15, 0.2) is 60.8 Å². The van der Waals surface area contributed by atoms with Gasteiger partial charge in [-0.25, -0.2) is 14.8 Å². The fraction of sp³-hybridized carbons (Fsp3) is 0.447. The minimum absolute atomic E-state index is 0.0641. The van der Waals surface area contributed by atoms with Crippen LogP contribution in [-0.2, 0) is 20.5 Å². The number of carbonyl (C=O) groups excluding carboxylic acids is 3. The number of urea groups is 1. The average molecular weight is 710 g/mol. The number of likely N-dealkylation sites (tertiary alicyclic amines) is 1. The van der Waals surface area contributed by atoms with E-state index in [0.29, 0.717) is 41.9 Å². The number of nitrogens with zero attached hydrogens (tertiary/aromatic N) is 6. The van der Waals surface area contributed by atoms with Gasteiger partial charge in [0.05, 0.1) is 18.0 Å². The van der Waals surface area contributed by atoms with E-state index in [9.17, 15) is 14.4 Å². The smallest absolute Gasteiger partial charge is 0.321 e. The molecule has 2 atom stereocenters. The summed E-state index contributed by atoms with van der Waals surface area (Å²) < 4.78 is 13.7. The Morgan fingerprint density at radius 2 is 1.85 bits per heavy atom. The number of fused-ring (bicyclic) bond motifs is 2. The molecule has 0 saturated carbocycles. The van der Waals surface area contributed by atoms with Crippen molar-refractivity contribution in [2.75, 3.05) is 38.6 Å². The number of hydrogen-bond acceptors (Lipinski definition) is 10.